The lowest BCUT2D eigenvalue weighted by Crippen LogP contribution is -2.50. The van der Waals surface area contributed by atoms with Crippen LogP contribution in [0.1, 0.15) is 124 Å². The third-order valence-electron chi connectivity index (χ3n) is 11.4. The Kier molecular flexibility index (Phi) is 6.54. The molecule has 7 atom stereocenters. The minimum atomic E-state index is 0.0716. The predicted molar refractivity (Wildman–Crippen MR) is 131 cm³/mol. The number of carbonyl (C=O) groups excluding carboxylic acids is 1. The number of hydrogen-bond donors (Lipinski definition) is 0. The van der Waals surface area contributed by atoms with Crippen LogP contribution in [-0.4, -0.2) is 12.1 Å². The highest BCUT2D eigenvalue weighted by molar-refractivity contribution is 5.69. The third kappa shape index (κ3) is 4.00. The minimum Gasteiger partial charge on any atom is -0.462 e. The van der Waals surface area contributed by atoms with Crippen LogP contribution in [0.3, 0.4) is 0 Å². The van der Waals surface area contributed by atoms with Crippen molar-refractivity contribution in [3.63, 3.8) is 0 Å². The van der Waals surface area contributed by atoms with E-state index in [1.54, 1.807) is 0 Å². The normalized spacial score (nSPS) is 42.9. The van der Waals surface area contributed by atoms with Gasteiger partial charge >= 0.3 is 5.97 Å². The highest BCUT2D eigenvalue weighted by Crippen LogP contribution is 2.67. The van der Waals surface area contributed by atoms with Gasteiger partial charge in [0.25, 0.3) is 0 Å². The molecule has 0 bridgehead atoms. The van der Waals surface area contributed by atoms with E-state index in [4.69, 9.17) is 4.74 Å². The van der Waals surface area contributed by atoms with Crippen LogP contribution in [0.5, 0.6) is 0 Å². The summed E-state index contributed by atoms with van der Waals surface area (Å²) in [5, 5.41) is 0. The molecule has 0 spiro atoms. The Morgan fingerprint density at radius 1 is 1.00 bits per heavy atom. The summed E-state index contributed by atoms with van der Waals surface area (Å²) in [6.07, 6.45) is 23.2. The number of carbonyl (C=O) groups is 1. The van der Waals surface area contributed by atoms with E-state index in [2.05, 4.69) is 26.8 Å². The Morgan fingerprint density at radius 2 is 1.81 bits per heavy atom. The van der Waals surface area contributed by atoms with Gasteiger partial charge in [0, 0.05) is 6.42 Å². The van der Waals surface area contributed by atoms with Crippen molar-refractivity contribution in [2.45, 2.75) is 130 Å². The van der Waals surface area contributed by atoms with E-state index in [1.807, 2.05) is 5.57 Å². The van der Waals surface area contributed by atoms with Crippen molar-refractivity contribution < 1.29 is 9.53 Å². The van der Waals surface area contributed by atoms with Gasteiger partial charge in [-0.1, -0.05) is 45.3 Å². The highest BCUT2D eigenvalue weighted by Gasteiger charge is 2.58. The molecule has 0 unspecified atom stereocenters. The molecule has 2 heteroatoms. The van der Waals surface area contributed by atoms with Crippen molar-refractivity contribution in [3.8, 4) is 0 Å². The molecule has 0 saturated heterocycles. The van der Waals surface area contributed by atoms with Gasteiger partial charge in [-0.05, 0) is 124 Å². The molecule has 0 aliphatic heterocycles. The fraction of sp³-hybridized carbons (Fsp3) is 0.900. The van der Waals surface area contributed by atoms with Gasteiger partial charge in [0.05, 0.1) is 0 Å². The maximum Gasteiger partial charge on any atom is 0.306 e. The van der Waals surface area contributed by atoms with Crippen molar-refractivity contribution in [1.29, 1.82) is 0 Å². The molecule has 5 aliphatic rings. The van der Waals surface area contributed by atoms with Gasteiger partial charge in [0.1, 0.15) is 6.10 Å². The molecule has 0 radical (unpaired) electrons. The second-order valence-electron chi connectivity index (χ2n) is 13.0. The SMILES string of the molecule is C[C@H](CCC(=O)OC1CCCCC1)[C@H]1CC[C@H]2[C@@H]3CC=C4CCCC[C@]4(C)[C@H]3CC[C@]12C. The lowest BCUT2D eigenvalue weighted by molar-refractivity contribution is -0.151. The lowest BCUT2D eigenvalue weighted by atomic mass is 9.47. The Bertz CT molecular complexity index is 718. The average molecular weight is 441 g/mol. The van der Waals surface area contributed by atoms with E-state index in [9.17, 15) is 4.79 Å². The molecular weight excluding hydrogens is 392 g/mol. The summed E-state index contributed by atoms with van der Waals surface area (Å²) in [5.41, 5.74) is 2.83. The Hall–Kier alpha value is -0.790. The zero-order chi connectivity index (χ0) is 22.3. The van der Waals surface area contributed by atoms with Gasteiger partial charge in [-0.3, -0.25) is 4.79 Å². The maximum atomic E-state index is 12.5. The van der Waals surface area contributed by atoms with Crippen LogP contribution in [-0.2, 0) is 9.53 Å². The van der Waals surface area contributed by atoms with Crippen LogP contribution >= 0.6 is 0 Å². The largest absolute Gasteiger partial charge is 0.462 e. The van der Waals surface area contributed by atoms with Crippen LogP contribution < -0.4 is 0 Å². The van der Waals surface area contributed by atoms with Crippen molar-refractivity contribution in [2.24, 2.45) is 40.4 Å². The van der Waals surface area contributed by atoms with Crippen molar-refractivity contribution in [1.82, 2.24) is 0 Å². The summed E-state index contributed by atoms with van der Waals surface area (Å²) in [6.45, 7) is 7.72. The number of allylic oxidation sites excluding steroid dienone is 2. The summed E-state index contributed by atoms with van der Waals surface area (Å²) in [4.78, 5) is 12.5. The van der Waals surface area contributed by atoms with Gasteiger partial charge in [-0.2, -0.15) is 0 Å². The van der Waals surface area contributed by atoms with Gasteiger partial charge in [-0.25, -0.2) is 0 Å². The molecule has 0 aromatic heterocycles. The second-order valence-corrected chi connectivity index (χ2v) is 13.0. The van der Waals surface area contributed by atoms with Crippen LogP contribution in [0.2, 0.25) is 0 Å². The number of hydrogen-bond acceptors (Lipinski definition) is 2. The number of rotatable bonds is 5. The first kappa shape index (κ1) is 23.0. The summed E-state index contributed by atoms with van der Waals surface area (Å²) in [5.74, 6) is 4.25. The zero-order valence-corrected chi connectivity index (χ0v) is 21.2. The smallest absolute Gasteiger partial charge is 0.306 e. The Morgan fingerprint density at radius 3 is 2.62 bits per heavy atom. The minimum absolute atomic E-state index is 0.0716. The molecule has 5 aliphatic carbocycles. The molecule has 2 nitrogen and oxygen atoms in total. The molecule has 32 heavy (non-hydrogen) atoms. The molecule has 4 saturated carbocycles. The predicted octanol–water partition coefficient (Wildman–Crippen LogP) is 8.25. The zero-order valence-electron chi connectivity index (χ0n) is 21.2. The fourth-order valence-corrected chi connectivity index (χ4v) is 9.65. The molecule has 0 N–H and O–H groups in total. The van der Waals surface area contributed by atoms with Crippen molar-refractivity contribution in [2.75, 3.05) is 0 Å². The summed E-state index contributed by atoms with van der Waals surface area (Å²) >= 11 is 0. The molecule has 5 rings (SSSR count). The average Bonchev–Trinajstić information content (AvgIpc) is 3.15. The Balaban J connectivity index is 1.21. The van der Waals surface area contributed by atoms with Crippen LogP contribution in [0.4, 0.5) is 0 Å². The summed E-state index contributed by atoms with van der Waals surface area (Å²) in [6, 6.07) is 0. The topological polar surface area (TPSA) is 26.3 Å². The third-order valence-corrected chi connectivity index (χ3v) is 11.4. The van der Waals surface area contributed by atoms with Crippen LogP contribution in [0.25, 0.3) is 0 Å². The number of ether oxygens (including phenoxy) is 1. The number of esters is 1. The molecular formula is C30H48O2. The van der Waals surface area contributed by atoms with E-state index in [0.29, 0.717) is 23.2 Å². The van der Waals surface area contributed by atoms with E-state index < -0.39 is 0 Å². The first-order valence-electron chi connectivity index (χ1n) is 14.3. The van der Waals surface area contributed by atoms with Crippen LogP contribution in [0.15, 0.2) is 11.6 Å². The van der Waals surface area contributed by atoms with Gasteiger partial charge in [-0.15, -0.1) is 0 Å². The molecule has 0 aromatic rings. The molecule has 0 heterocycles. The molecule has 4 fully saturated rings. The maximum absolute atomic E-state index is 12.5. The first-order valence-corrected chi connectivity index (χ1v) is 14.3. The highest BCUT2D eigenvalue weighted by atomic mass is 16.5. The summed E-state index contributed by atoms with van der Waals surface area (Å²) in [7, 11) is 0. The van der Waals surface area contributed by atoms with Crippen molar-refractivity contribution in [3.05, 3.63) is 11.6 Å². The number of fused-ring (bicyclic) bond motifs is 5. The van der Waals surface area contributed by atoms with Gasteiger partial charge in [0.15, 0.2) is 0 Å². The van der Waals surface area contributed by atoms with E-state index in [1.165, 1.54) is 77.0 Å². The molecule has 0 amide bonds. The standard InChI is InChI=1S/C30H48O2/c1-21(12-17-28(31)32-23-10-5-4-6-11-23)25-15-16-26-24-14-13-22-9-7-8-19-29(22,2)27(24)18-20-30(25,26)3/h13,21,23-27H,4-12,14-20H2,1-3H3/t21-,24+,25-,26+,27+,29+,30-/m1/s1. The first-order chi connectivity index (χ1) is 15.4. The van der Waals surface area contributed by atoms with Gasteiger partial charge in [0.2, 0.25) is 0 Å². The van der Waals surface area contributed by atoms with Crippen LogP contribution in [0, 0.1) is 40.4 Å². The second kappa shape index (κ2) is 9.10. The quantitative estimate of drug-likeness (QED) is 0.318. The van der Waals surface area contributed by atoms with Gasteiger partial charge < -0.3 is 4.74 Å². The monoisotopic (exact) mass is 440 g/mol. The Labute approximate surface area is 197 Å². The van der Waals surface area contributed by atoms with E-state index in [-0.39, 0.29) is 12.1 Å². The lowest BCUT2D eigenvalue weighted by Gasteiger charge is -2.58. The molecule has 0 aromatic carbocycles. The summed E-state index contributed by atoms with van der Waals surface area (Å²) < 4.78 is 5.82. The van der Waals surface area contributed by atoms with E-state index in [0.717, 1.165) is 42.9 Å². The molecule has 180 valence electrons. The fourth-order valence-electron chi connectivity index (χ4n) is 9.65. The van der Waals surface area contributed by atoms with Crippen molar-refractivity contribution >= 4 is 5.97 Å². The van der Waals surface area contributed by atoms with E-state index >= 15 is 0 Å².